The van der Waals surface area contributed by atoms with Crippen molar-refractivity contribution in [1.82, 2.24) is 0 Å². The van der Waals surface area contributed by atoms with E-state index in [1.165, 1.54) is 25.3 Å². The number of rotatable bonds is 4. The summed E-state index contributed by atoms with van der Waals surface area (Å²) < 4.78 is 112. The summed E-state index contributed by atoms with van der Waals surface area (Å²) in [5, 5.41) is 1.61. The molecule has 1 aliphatic rings. The number of carbonyl (C=O) groups excluding carboxylic acids is 1. The van der Waals surface area contributed by atoms with Crippen molar-refractivity contribution in [3.05, 3.63) is 52.6 Å². The monoisotopic (exact) mass is 493 g/mol. The van der Waals surface area contributed by atoms with Crippen LogP contribution in [0.2, 0.25) is 0 Å². The summed E-state index contributed by atoms with van der Waals surface area (Å²) in [7, 11) is 0.179. The summed E-state index contributed by atoms with van der Waals surface area (Å²) in [6, 6.07) is 3.82. The quantitative estimate of drug-likeness (QED) is 0.377. The van der Waals surface area contributed by atoms with Crippen molar-refractivity contribution in [2.24, 2.45) is 0 Å². The average molecular weight is 493 g/mol. The van der Waals surface area contributed by atoms with E-state index in [-0.39, 0.29) is 16.8 Å². The molecule has 1 heterocycles. The lowest BCUT2D eigenvalue weighted by molar-refractivity contribution is -0.143. The Kier molecular flexibility index (Phi) is 6.42. The number of hydrogen-bond acceptors (Lipinski definition) is 4. The molecule has 1 saturated heterocycles. The van der Waals surface area contributed by atoms with Gasteiger partial charge in [-0.25, -0.2) is 17.6 Å². The third kappa shape index (κ3) is 4.34. The van der Waals surface area contributed by atoms with E-state index in [2.05, 4.69) is 0 Å². The van der Waals surface area contributed by atoms with Crippen LogP contribution >= 0.6 is 0 Å². The normalized spacial score (nSPS) is 17.1. The van der Waals surface area contributed by atoms with Crippen molar-refractivity contribution in [2.75, 3.05) is 12.4 Å². The molecule has 5 nitrogen and oxygen atoms in total. The molecule has 0 unspecified atom stereocenters. The minimum atomic E-state index is -5.71. The number of amides is 1. The predicted molar refractivity (Wildman–Crippen MR) is 108 cm³/mol. The summed E-state index contributed by atoms with van der Waals surface area (Å²) >= 11 is 0. The second kappa shape index (κ2) is 8.45. The molecule has 34 heavy (non-hydrogen) atoms. The Bertz CT molecular complexity index is 1110. The smallest absolute Gasteiger partial charge is 0.495 e. The number of anilines is 1. The molecular weight excluding hydrogens is 474 g/mol. The van der Waals surface area contributed by atoms with Crippen LogP contribution in [0.1, 0.15) is 43.6 Å². The van der Waals surface area contributed by atoms with Gasteiger partial charge in [-0.3, -0.25) is 4.79 Å². The summed E-state index contributed by atoms with van der Waals surface area (Å²) in [6.45, 7) is 6.91. The second-order valence-corrected chi connectivity index (χ2v) is 8.50. The van der Waals surface area contributed by atoms with Gasteiger partial charge in [0.05, 0.1) is 18.3 Å². The standard InChI is InChI=1S/C21H19BF7NO4/c1-19(2)20(3,4)34-22(33-19)11-8-9(32-5)6-7-10(11)18(31)30-17-15(25)13(23)12(21(27,28)29)14(24)16(17)26/h6-8H,1-5H3,(H,30,31). The molecule has 184 valence electrons. The van der Waals surface area contributed by atoms with Gasteiger partial charge in [0, 0.05) is 5.56 Å². The zero-order chi connectivity index (χ0) is 25.8. The summed E-state index contributed by atoms with van der Waals surface area (Å²) in [5.41, 5.74) is -6.40. The number of benzene rings is 2. The van der Waals surface area contributed by atoms with Gasteiger partial charge in [-0.15, -0.1) is 0 Å². The van der Waals surface area contributed by atoms with Crippen molar-refractivity contribution >= 4 is 24.2 Å². The summed E-state index contributed by atoms with van der Waals surface area (Å²) in [6.07, 6.45) is -5.71. The lowest BCUT2D eigenvalue weighted by Gasteiger charge is -2.32. The number of ether oxygens (including phenoxy) is 1. The van der Waals surface area contributed by atoms with Crippen LogP contribution < -0.4 is 15.5 Å². The third-order valence-electron chi connectivity index (χ3n) is 5.80. The maximum Gasteiger partial charge on any atom is 0.495 e. The molecule has 0 spiro atoms. The number of halogens is 7. The van der Waals surface area contributed by atoms with Crippen molar-refractivity contribution in [1.29, 1.82) is 0 Å². The lowest BCUT2D eigenvalue weighted by Crippen LogP contribution is -2.41. The fourth-order valence-electron chi connectivity index (χ4n) is 3.21. The van der Waals surface area contributed by atoms with Crippen LogP contribution in [0.4, 0.5) is 36.4 Å². The first kappa shape index (κ1) is 25.8. The second-order valence-electron chi connectivity index (χ2n) is 8.50. The van der Waals surface area contributed by atoms with Crippen LogP contribution in [-0.4, -0.2) is 31.3 Å². The van der Waals surface area contributed by atoms with Crippen molar-refractivity contribution < 1.29 is 49.6 Å². The molecule has 0 aromatic heterocycles. The van der Waals surface area contributed by atoms with Gasteiger partial charge in [-0.2, -0.15) is 13.2 Å². The molecule has 0 bridgehead atoms. The van der Waals surface area contributed by atoms with Gasteiger partial charge in [-0.1, -0.05) is 0 Å². The van der Waals surface area contributed by atoms with Gasteiger partial charge in [0.1, 0.15) is 17.0 Å². The largest absolute Gasteiger partial charge is 0.497 e. The van der Waals surface area contributed by atoms with Crippen LogP contribution in [0.5, 0.6) is 5.75 Å². The van der Waals surface area contributed by atoms with Crippen molar-refractivity contribution in [3.8, 4) is 5.75 Å². The van der Waals surface area contributed by atoms with E-state index in [0.29, 0.717) is 0 Å². The number of nitrogens with one attached hydrogen (secondary N) is 1. The number of methoxy groups -OCH3 is 1. The Balaban J connectivity index is 2.06. The molecule has 1 amide bonds. The molecule has 13 heteroatoms. The van der Waals surface area contributed by atoms with Crippen molar-refractivity contribution in [2.45, 2.75) is 45.1 Å². The van der Waals surface area contributed by atoms with Crippen LogP contribution in [0.3, 0.4) is 0 Å². The first-order chi connectivity index (χ1) is 15.5. The maximum atomic E-state index is 14.3. The highest BCUT2D eigenvalue weighted by Gasteiger charge is 2.52. The van der Waals surface area contributed by atoms with Gasteiger partial charge in [-0.05, 0) is 51.4 Å². The van der Waals surface area contributed by atoms with Crippen LogP contribution in [0, 0.1) is 23.3 Å². The average Bonchev–Trinajstić information content (AvgIpc) is 2.95. The Morgan fingerprint density at radius 1 is 0.941 bits per heavy atom. The van der Waals surface area contributed by atoms with Crippen LogP contribution in [0.25, 0.3) is 0 Å². The van der Waals surface area contributed by atoms with E-state index in [9.17, 15) is 35.5 Å². The number of hydrogen-bond donors (Lipinski definition) is 1. The Hall–Kier alpha value is -2.80. The van der Waals surface area contributed by atoms with E-state index < -0.39 is 64.9 Å². The van der Waals surface area contributed by atoms with Gasteiger partial charge >= 0.3 is 13.3 Å². The Morgan fingerprint density at radius 3 is 1.88 bits per heavy atom. The zero-order valence-corrected chi connectivity index (χ0v) is 18.6. The predicted octanol–water partition coefficient (Wildman–Crippen LogP) is 4.82. The number of carbonyl (C=O) groups is 1. The zero-order valence-electron chi connectivity index (χ0n) is 18.6. The highest BCUT2D eigenvalue weighted by Crippen LogP contribution is 2.39. The first-order valence-electron chi connectivity index (χ1n) is 9.80. The first-order valence-corrected chi connectivity index (χ1v) is 9.80. The van der Waals surface area contributed by atoms with Crippen LogP contribution in [-0.2, 0) is 15.5 Å². The minimum Gasteiger partial charge on any atom is -0.497 e. The van der Waals surface area contributed by atoms with Gasteiger partial charge < -0.3 is 19.4 Å². The van der Waals surface area contributed by atoms with Crippen molar-refractivity contribution in [3.63, 3.8) is 0 Å². The van der Waals surface area contributed by atoms with E-state index in [0.717, 1.165) is 0 Å². The van der Waals surface area contributed by atoms with Gasteiger partial charge in [0.25, 0.3) is 5.91 Å². The van der Waals surface area contributed by atoms with E-state index in [4.69, 9.17) is 14.0 Å². The molecule has 0 radical (unpaired) electrons. The molecule has 0 saturated carbocycles. The molecule has 3 rings (SSSR count). The fourth-order valence-corrected chi connectivity index (χ4v) is 3.21. The molecule has 2 aromatic carbocycles. The fraction of sp³-hybridized carbons (Fsp3) is 0.381. The minimum absolute atomic E-state index is 0.0455. The molecule has 1 fully saturated rings. The van der Waals surface area contributed by atoms with Gasteiger partial charge in [0.2, 0.25) is 0 Å². The molecule has 2 aromatic rings. The highest BCUT2D eigenvalue weighted by molar-refractivity contribution is 6.64. The maximum absolute atomic E-state index is 14.3. The topological polar surface area (TPSA) is 56.8 Å². The lowest BCUT2D eigenvalue weighted by atomic mass is 9.75. The Labute approximate surface area is 190 Å². The van der Waals surface area contributed by atoms with Crippen LogP contribution in [0.15, 0.2) is 18.2 Å². The van der Waals surface area contributed by atoms with E-state index >= 15 is 0 Å². The molecule has 0 atom stereocenters. The molecule has 1 aliphatic heterocycles. The molecular formula is C21H19BF7NO4. The number of alkyl halides is 3. The summed E-state index contributed by atoms with van der Waals surface area (Å²) in [5.74, 6) is -11.2. The Morgan fingerprint density at radius 2 is 1.44 bits per heavy atom. The molecule has 1 N–H and O–H groups in total. The third-order valence-corrected chi connectivity index (χ3v) is 5.80. The van der Waals surface area contributed by atoms with Gasteiger partial charge in [0.15, 0.2) is 23.3 Å². The van der Waals surface area contributed by atoms with E-state index in [1.807, 2.05) is 0 Å². The summed E-state index contributed by atoms with van der Waals surface area (Å²) in [4.78, 5) is 12.9. The highest BCUT2D eigenvalue weighted by atomic mass is 19.4. The SMILES string of the molecule is COc1ccc(C(=O)Nc2c(F)c(F)c(C(F)(F)F)c(F)c2F)c(B2OC(C)(C)C(C)(C)O2)c1. The van der Waals surface area contributed by atoms with E-state index in [1.54, 1.807) is 33.0 Å². The molecule has 0 aliphatic carbocycles.